The Labute approximate surface area is 117 Å². The minimum absolute atomic E-state index is 0.269. The predicted octanol–water partition coefficient (Wildman–Crippen LogP) is 2.81. The van der Waals surface area contributed by atoms with Crippen LogP contribution in [0.5, 0.6) is 5.75 Å². The van der Waals surface area contributed by atoms with Crippen molar-refractivity contribution in [3.8, 4) is 5.75 Å². The number of carbonyl (C=O) groups excluding carboxylic acids is 1. The van der Waals surface area contributed by atoms with Crippen molar-refractivity contribution >= 4 is 6.09 Å². The molecule has 1 amide bonds. The summed E-state index contributed by atoms with van der Waals surface area (Å²) in [5.74, 6) is 0.269. The van der Waals surface area contributed by atoms with Crippen LogP contribution in [0.25, 0.3) is 0 Å². The molecule has 1 atom stereocenters. The number of carbonyl (C=O) groups is 1. The summed E-state index contributed by atoms with van der Waals surface area (Å²) in [5.41, 5.74) is 0.500. The van der Waals surface area contributed by atoms with Crippen LogP contribution in [0.2, 0.25) is 0 Å². The van der Waals surface area contributed by atoms with Crippen molar-refractivity contribution in [1.82, 2.24) is 9.91 Å². The van der Waals surface area contributed by atoms with E-state index in [1.165, 1.54) is 17.9 Å². The third-order valence-electron chi connectivity index (χ3n) is 2.79. The summed E-state index contributed by atoms with van der Waals surface area (Å²) in [7, 11) is 1.60. The Kier molecular flexibility index (Phi) is 3.81. The van der Waals surface area contributed by atoms with Gasteiger partial charge in [0, 0.05) is 24.7 Å². The molecule has 1 unspecified atom stereocenters. The van der Waals surface area contributed by atoms with Crippen molar-refractivity contribution in [2.24, 2.45) is 5.29 Å². The number of rotatable bonds is 5. The molecule has 0 radical (unpaired) electrons. The summed E-state index contributed by atoms with van der Waals surface area (Å²) >= 11 is 0. The minimum Gasteiger partial charge on any atom is -0.410 e. The summed E-state index contributed by atoms with van der Waals surface area (Å²) in [6.45, 7) is 1.20. The fourth-order valence-electron chi connectivity index (χ4n) is 1.36. The molecule has 6 heteroatoms. The second-order valence-electron chi connectivity index (χ2n) is 4.06. The molecule has 1 rings (SSSR count). The molecule has 0 saturated carbocycles. The monoisotopic (exact) mass is 268 g/mol. The van der Waals surface area contributed by atoms with Crippen LogP contribution < -0.4 is 4.74 Å². The van der Waals surface area contributed by atoms with Gasteiger partial charge in [0.1, 0.15) is 5.75 Å². The fraction of sp³-hybridized carbons (Fsp3) is 0.462. The first-order valence-corrected chi connectivity index (χ1v) is 5.86. The molecule has 0 heterocycles. The summed E-state index contributed by atoms with van der Waals surface area (Å²) in [6, 6.07) is 5.55. The van der Waals surface area contributed by atoms with Crippen LogP contribution in [0.3, 0.4) is 0 Å². The largest absolute Gasteiger partial charge is 0.414 e. The van der Waals surface area contributed by atoms with Crippen molar-refractivity contribution in [3.63, 3.8) is 0 Å². The van der Waals surface area contributed by atoms with Gasteiger partial charge in [-0.2, -0.15) is 0 Å². The number of benzene rings is 1. The Bertz CT molecular complexity index is 537. The fourth-order valence-corrected chi connectivity index (χ4v) is 1.36. The third-order valence-corrected chi connectivity index (χ3v) is 2.79. The van der Waals surface area contributed by atoms with Gasteiger partial charge in [0.15, 0.2) is 0 Å². The smallest absolute Gasteiger partial charge is 0.410 e. The minimum atomic E-state index is -2.64. The normalized spacial score (nSPS) is 14.6. The van der Waals surface area contributed by atoms with Gasteiger partial charge in [-0.1, -0.05) is 12.1 Å². The second-order valence-corrected chi connectivity index (χ2v) is 4.06. The molecule has 0 N–H and O–H groups in total. The SMILES string of the molecule is [2H]C([2H])([2H])N(N=O)C(C)c1cccc(OC(=O)N(C)CC)c1. The molecule has 1 aromatic carbocycles. The number of hydrogen-bond acceptors (Lipinski definition) is 4. The molecule has 0 aliphatic carbocycles. The van der Waals surface area contributed by atoms with E-state index in [-0.39, 0.29) is 5.75 Å². The highest BCUT2D eigenvalue weighted by Gasteiger charge is 2.13. The highest BCUT2D eigenvalue weighted by Crippen LogP contribution is 2.23. The molecular formula is C13H19N3O3. The number of hydrogen-bond donors (Lipinski definition) is 0. The van der Waals surface area contributed by atoms with E-state index < -0.39 is 19.1 Å². The Morgan fingerprint density at radius 1 is 1.58 bits per heavy atom. The lowest BCUT2D eigenvalue weighted by atomic mass is 10.1. The first-order valence-electron chi connectivity index (χ1n) is 7.36. The Morgan fingerprint density at radius 2 is 2.32 bits per heavy atom. The molecule has 1 aromatic rings. The molecular weight excluding hydrogens is 246 g/mol. The van der Waals surface area contributed by atoms with Gasteiger partial charge in [0.2, 0.25) is 0 Å². The van der Waals surface area contributed by atoms with Crippen molar-refractivity contribution in [2.75, 3.05) is 20.6 Å². The van der Waals surface area contributed by atoms with E-state index in [2.05, 4.69) is 5.29 Å². The van der Waals surface area contributed by atoms with Crippen LogP contribution in [0, 0.1) is 4.91 Å². The second kappa shape index (κ2) is 6.72. The molecule has 0 fully saturated rings. The average molecular weight is 268 g/mol. The lowest BCUT2D eigenvalue weighted by Crippen LogP contribution is -2.29. The first kappa shape index (κ1) is 10.8. The van der Waals surface area contributed by atoms with E-state index >= 15 is 0 Å². The van der Waals surface area contributed by atoms with Gasteiger partial charge < -0.3 is 9.64 Å². The van der Waals surface area contributed by atoms with Crippen LogP contribution in [-0.4, -0.2) is 36.6 Å². The topological polar surface area (TPSA) is 62.2 Å². The number of nitrogens with zero attached hydrogens (tertiary/aromatic N) is 3. The van der Waals surface area contributed by atoms with E-state index in [0.717, 1.165) is 0 Å². The lowest BCUT2D eigenvalue weighted by molar-refractivity contribution is 0.165. The van der Waals surface area contributed by atoms with Crippen molar-refractivity contribution in [1.29, 1.82) is 0 Å². The van der Waals surface area contributed by atoms with Gasteiger partial charge in [-0.15, -0.1) is 4.91 Å². The molecule has 0 aromatic heterocycles. The van der Waals surface area contributed by atoms with E-state index in [1.54, 1.807) is 25.2 Å². The highest BCUT2D eigenvalue weighted by molar-refractivity contribution is 5.70. The van der Waals surface area contributed by atoms with Crippen LogP contribution in [0.1, 0.15) is 29.6 Å². The van der Waals surface area contributed by atoms with Gasteiger partial charge in [-0.3, -0.25) is 5.01 Å². The number of nitroso groups, excluding NO2 is 1. The van der Waals surface area contributed by atoms with Gasteiger partial charge in [-0.25, -0.2) is 4.79 Å². The Balaban J connectivity index is 2.96. The highest BCUT2D eigenvalue weighted by atomic mass is 16.6. The maximum Gasteiger partial charge on any atom is 0.414 e. The Hall–Kier alpha value is -2.11. The molecule has 19 heavy (non-hydrogen) atoms. The first-order chi connectivity index (χ1) is 10.2. The molecule has 0 spiro atoms. The van der Waals surface area contributed by atoms with Gasteiger partial charge in [0.25, 0.3) is 0 Å². The van der Waals surface area contributed by atoms with Gasteiger partial charge in [-0.05, 0) is 31.5 Å². The van der Waals surface area contributed by atoms with Crippen LogP contribution in [-0.2, 0) is 0 Å². The molecule has 0 aliphatic rings. The van der Waals surface area contributed by atoms with E-state index in [0.29, 0.717) is 17.1 Å². The number of amides is 1. The quantitative estimate of drug-likeness (QED) is 0.608. The summed E-state index contributed by atoms with van der Waals surface area (Å²) in [4.78, 5) is 23.9. The average Bonchev–Trinajstić information content (AvgIpc) is 2.45. The summed E-state index contributed by atoms with van der Waals surface area (Å²) < 4.78 is 27.0. The van der Waals surface area contributed by atoms with Gasteiger partial charge in [0.05, 0.1) is 11.3 Å². The lowest BCUT2D eigenvalue weighted by Gasteiger charge is -2.19. The van der Waals surface area contributed by atoms with E-state index in [4.69, 9.17) is 8.85 Å². The van der Waals surface area contributed by atoms with Gasteiger partial charge >= 0.3 is 6.09 Å². The molecule has 0 bridgehead atoms. The molecule has 0 saturated heterocycles. The maximum absolute atomic E-state index is 11.7. The number of ether oxygens (including phenoxy) is 1. The van der Waals surface area contributed by atoms with Crippen molar-refractivity contribution < 1.29 is 13.6 Å². The Morgan fingerprint density at radius 3 is 2.89 bits per heavy atom. The third kappa shape index (κ3) is 3.94. The maximum atomic E-state index is 11.7. The van der Waals surface area contributed by atoms with Crippen LogP contribution in [0.4, 0.5) is 4.79 Å². The zero-order valence-corrected chi connectivity index (χ0v) is 11.2. The van der Waals surface area contributed by atoms with Crippen molar-refractivity contribution in [3.05, 3.63) is 34.7 Å². The summed E-state index contributed by atoms with van der Waals surface area (Å²) in [6.07, 6.45) is -0.520. The summed E-state index contributed by atoms with van der Waals surface area (Å²) in [5, 5.41) is 3.06. The van der Waals surface area contributed by atoms with Crippen molar-refractivity contribution in [2.45, 2.75) is 19.9 Å². The van der Waals surface area contributed by atoms with E-state index in [1.807, 2.05) is 6.92 Å². The van der Waals surface area contributed by atoms with E-state index in [9.17, 15) is 9.70 Å². The molecule has 0 aliphatic heterocycles. The van der Waals surface area contributed by atoms with Crippen LogP contribution in [0.15, 0.2) is 29.6 Å². The predicted molar refractivity (Wildman–Crippen MR) is 72.7 cm³/mol. The molecule has 6 nitrogen and oxygen atoms in total. The zero-order chi connectivity index (χ0) is 16.9. The molecule has 104 valence electrons. The standard InChI is InChI=1S/C13H19N3O3/c1-5-15(3)13(17)19-12-8-6-7-11(9-12)10(2)16(4)14-18/h6-10H,5H2,1-4H3/i4D3. The zero-order valence-electron chi connectivity index (χ0n) is 14.2. The van der Waals surface area contributed by atoms with Crippen LogP contribution >= 0.6 is 0 Å².